The highest BCUT2D eigenvalue weighted by Gasteiger charge is 2.41. The number of benzene rings is 5. The van der Waals surface area contributed by atoms with Crippen LogP contribution in [0.5, 0.6) is 40.2 Å². The predicted molar refractivity (Wildman–Crippen MR) is 254 cm³/mol. The molecule has 9 heteroatoms. The monoisotopic (exact) mass is 864 g/mol. The second-order valence-corrected chi connectivity index (χ2v) is 18.3. The highest BCUT2D eigenvalue weighted by atomic mass is 16.5. The van der Waals surface area contributed by atoms with Crippen LogP contribution in [-0.4, -0.2) is 28.4 Å². The van der Waals surface area contributed by atoms with E-state index in [4.69, 9.17) is 19.9 Å². The van der Waals surface area contributed by atoms with Gasteiger partial charge in [-0.1, -0.05) is 83.6 Å². The van der Waals surface area contributed by atoms with E-state index < -0.39 is 23.1 Å². The fourth-order valence-electron chi connectivity index (χ4n) is 10.2. The van der Waals surface area contributed by atoms with Crippen molar-refractivity contribution in [1.29, 1.82) is 0 Å². The maximum atomic E-state index is 14.8. The molecular weight excluding hydrogens is 801 g/mol. The normalized spacial score (nSPS) is 19.4. The van der Waals surface area contributed by atoms with Crippen molar-refractivity contribution in [3.63, 3.8) is 0 Å². The molecule has 2 fully saturated rings. The third-order valence-electron chi connectivity index (χ3n) is 13.9. The van der Waals surface area contributed by atoms with E-state index in [1.807, 2.05) is 43.3 Å². The number of ether oxygens (including phenoxy) is 3. The Labute approximate surface area is 378 Å². The minimum Gasteiger partial charge on any atom is -0.504 e. The number of nitrogens with two attached hydrogens (primary N) is 1. The van der Waals surface area contributed by atoms with Crippen LogP contribution in [0.4, 0.5) is 17.1 Å². The molecule has 3 aliphatic carbocycles. The van der Waals surface area contributed by atoms with Crippen LogP contribution in [0.1, 0.15) is 172 Å². The number of phenolic OH excluding ortho intramolecular Hbond substituents is 2. The van der Waals surface area contributed by atoms with E-state index in [0.717, 1.165) is 31.1 Å². The highest BCUT2D eigenvalue weighted by molar-refractivity contribution is 6.34. The summed E-state index contributed by atoms with van der Waals surface area (Å²) in [6, 6.07) is 25.9. The summed E-state index contributed by atoms with van der Waals surface area (Å²) in [6.07, 6.45) is 18.2. The number of aromatic hydroxyl groups is 2. The van der Waals surface area contributed by atoms with E-state index in [1.165, 1.54) is 100 Å². The number of hydrogen-bond acceptors (Lipinski definition) is 9. The largest absolute Gasteiger partial charge is 0.504 e. The highest BCUT2D eigenvalue weighted by Crippen LogP contribution is 2.50. The van der Waals surface area contributed by atoms with Crippen LogP contribution in [0.25, 0.3) is 0 Å². The van der Waals surface area contributed by atoms with Gasteiger partial charge < -0.3 is 35.5 Å². The summed E-state index contributed by atoms with van der Waals surface area (Å²) < 4.78 is 18.3. The maximum absolute atomic E-state index is 14.8. The molecular formula is C55H64N2O7. The molecule has 9 nitrogen and oxygen atoms in total. The Morgan fingerprint density at radius 2 is 1.02 bits per heavy atom. The van der Waals surface area contributed by atoms with Crippen LogP contribution in [-0.2, 0) is 0 Å². The fraction of sp³-hybridized carbons (Fsp3) is 0.418. The van der Waals surface area contributed by atoms with Crippen LogP contribution in [0.15, 0.2) is 84.9 Å². The molecule has 0 aliphatic heterocycles. The molecule has 3 aliphatic rings. The zero-order valence-electron chi connectivity index (χ0n) is 37.7. The van der Waals surface area contributed by atoms with Gasteiger partial charge in [0.1, 0.15) is 17.2 Å². The molecule has 8 rings (SSSR count). The number of anilines is 3. The van der Waals surface area contributed by atoms with Crippen LogP contribution in [0, 0.1) is 11.8 Å². The lowest BCUT2D eigenvalue weighted by Crippen LogP contribution is -2.24. The number of ketones is 2. The van der Waals surface area contributed by atoms with Crippen molar-refractivity contribution >= 4 is 28.6 Å². The van der Waals surface area contributed by atoms with Crippen molar-refractivity contribution in [2.45, 2.75) is 129 Å². The molecule has 64 heavy (non-hydrogen) atoms. The standard InChI is InChI=1S/C55H64N2O7/c1-4-7-9-34-11-15-36(16-12-34)38-19-25-42(26-20-38)63-46-32-44(56)48-50(52(46)58)55(61)49-45(57-40-23-29-41(30-24-40)62-31-6-3)33-47(53(59)51(49)54(48)60)64-43-27-21-39(22-28-43)37-17-13-35(14-18-37)10-8-5-2/h19-30,32-37,57-59H,4-18,31,56H2,1-3H3. The van der Waals surface area contributed by atoms with E-state index in [2.05, 4.69) is 43.4 Å². The van der Waals surface area contributed by atoms with Crippen LogP contribution in [0.3, 0.4) is 0 Å². The number of fused-ring (bicyclic) bond motifs is 2. The van der Waals surface area contributed by atoms with Gasteiger partial charge >= 0.3 is 0 Å². The third kappa shape index (κ3) is 9.74. The van der Waals surface area contributed by atoms with E-state index in [1.54, 1.807) is 12.1 Å². The van der Waals surface area contributed by atoms with E-state index in [0.29, 0.717) is 41.4 Å². The summed E-state index contributed by atoms with van der Waals surface area (Å²) in [6.45, 7) is 7.10. The van der Waals surface area contributed by atoms with Crippen LogP contribution >= 0.6 is 0 Å². The molecule has 336 valence electrons. The Morgan fingerprint density at radius 1 is 0.562 bits per heavy atom. The number of carbonyl (C=O) groups excluding carboxylic acids is 2. The molecule has 0 atom stereocenters. The zero-order chi connectivity index (χ0) is 44.7. The van der Waals surface area contributed by atoms with Crippen molar-refractivity contribution in [2.75, 3.05) is 17.7 Å². The molecule has 5 aromatic rings. The van der Waals surface area contributed by atoms with Gasteiger partial charge in [0, 0.05) is 23.5 Å². The van der Waals surface area contributed by atoms with Gasteiger partial charge in [0.25, 0.3) is 0 Å². The lowest BCUT2D eigenvalue weighted by molar-refractivity contribution is 0.0974. The van der Waals surface area contributed by atoms with Gasteiger partial charge in [-0.05, 0) is 141 Å². The van der Waals surface area contributed by atoms with Gasteiger partial charge in [-0.2, -0.15) is 0 Å². The molecule has 0 heterocycles. The van der Waals surface area contributed by atoms with E-state index in [-0.39, 0.29) is 45.1 Å². The van der Waals surface area contributed by atoms with Crippen molar-refractivity contribution in [3.8, 4) is 40.2 Å². The Bertz CT molecular complexity index is 2410. The quantitative estimate of drug-likeness (QED) is 0.0521. The molecule has 2 saturated carbocycles. The first-order valence-corrected chi connectivity index (χ1v) is 23.9. The first-order valence-electron chi connectivity index (χ1n) is 23.9. The summed E-state index contributed by atoms with van der Waals surface area (Å²) in [7, 11) is 0. The first-order chi connectivity index (χ1) is 31.1. The average molecular weight is 865 g/mol. The molecule has 0 amide bonds. The second kappa shape index (κ2) is 20.3. The fourth-order valence-corrected chi connectivity index (χ4v) is 10.2. The van der Waals surface area contributed by atoms with Gasteiger partial charge in [0.15, 0.2) is 23.0 Å². The minimum atomic E-state index is -0.725. The molecule has 5 N–H and O–H groups in total. The summed E-state index contributed by atoms with van der Waals surface area (Å²) in [5.41, 5.74) is 8.90. The average Bonchev–Trinajstić information content (AvgIpc) is 3.32. The SMILES string of the molecule is CCCCC1CCC(c2ccc(Oc3cc(N)c4c(c3O)C(=O)c3c(Nc5ccc(OCCC)cc5)cc(Oc5ccc(C6CCC(CCCC)CC6)cc5)c(O)c3C4=O)cc2)CC1. The summed E-state index contributed by atoms with van der Waals surface area (Å²) in [5, 5.41) is 26.9. The van der Waals surface area contributed by atoms with Crippen molar-refractivity contribution in [2.24, 2.45) is 11.8 Å². The molecule has 5 aromatic carbocycles. The Balaban J connectivity index is 1.07. The van der Waals surface area contributed by atoms with Gasteiger partial charge in [0.05, 0.1) is 34.5 Å². The molecule has 0 radical (unpaired) electrons. The molecule has 0 spiro atoms. The van der Waals surface area contributed by atoms with Crippen LogP contribution in [0.2, 0.25) is 0 Å². The first kappa shape index (κ1) is 44.6. The van der Waals surface area contributed by atoms with Gasteiger partial charge in [-0.25, -0.2) is 0 Å². The Morgan fingerprint density at radius 3 is 1.50 bits per heavy atom. The predicted octanol–water partition coefficient (Wildman–Crippen LogP) is 14.5. The van der Waals surface area contributed by atoms with Crippen molar-refractivity contribution in [3.05, 3.63) is 118 Å². The van der Waals surface area contributed by atoms with Gasteiger partial charge in [-0.15, -0.1) is 0 Å². The number of phenols is 2. The number of nitrogen functional groups attached to an aromatic ring is 1. The molecule has 0 unspecified atom stereocenters. The summed E-state index contributed by atoms with van der Waals surface area (Å²) in [5.74, 6) is 1.71. The van der Waals surface area contributed by atoms with Crippen molar-refractivity contribution < 1.29 is 34.0 Å². The Kier molecular flexibility index (Phi) is 14.1. The zero-order valence-corrected chi connectivity index (χ0v) is 37.7. The lowest BCUT2D eigenvalue weighted by Gasteiger charge is -2.29. The summed E-state index contributed by atoms with van der Waals surface area (Å²) in [4.78, 5) is 29.4. The Hall–Kier alpha value is -5.96. The number of unbranched alkanes of at least 4 members (excludes halogenated alkanes) is 2. The van der Waals surface area contributed by atoms with Gasteiger partial charge in [0.2, 0.25) is 11.6 Å². The number of carbonyl (C=O) groups is 2. The molecule has 0 aromatic heterocycles. The summed E-state index contributed by atoms with van der Waals surface area (Å²) >= 11 is 0. The van der Waals surface area contributed by atoms with Crippen molar-refractivity contribution in [1.82, 2.24) is 0 Å². The topological polar surface area (TPSA) is 140 Å². The lowest BCUT2D eigenvalue weighted by atomic mass is 9.77. The van der Waals surface area contributed by atoms with Crippen LogP contribution < -0.4 is 25.3 Å². The van der Waals surface area contributed by atoms with Gasteiger partial charge in [-0.3, -0.25) is 9.59 Å². The van der Waals surface area contributed by atoms with E-state index in [9.17, 15) is 19.8 Å². The molecule has 0 bridgehead atoms. The second-order valence-electron chi connectivity index (χ2n) is 18.3. The molecule has 0 saturated heterocycles. The smallest absolute Gasteiger partial charge is 0.200 e. The minimum absolute atomic E-state index is 0.0198. The van der Waals surface area contributed by atoms with E-state index >= 15 is 0 Å². The number of hydrogen-bond donors (Lipinski definition) is 4. The number of nitrogens with one attached hydrogen (secondary N) is 1. The maximum Gasteiger partial charge on any atom is 0.200 e. The third-order valence-corrected chi connectivity index (χ3v) is 13.9. The number of rotatable bonds is 17.